The fourth-order valence-electron chi connectivity index (χ4n) is 3.87. The number of fused-ring (bicyclic) bond motifs is 1. The molecule has 0 radical (unpaired) electrons. The molecule has 1 saturated heterocycles. The first kappa shape index (κ1) is 22.4. The van der Waals surface area contributed by atoms with Gasteiger partial charge >= 0.3 is 6.18 Å². The lowest BCUT2D eigenvalue weighted by Gasteiger charge is -2.37. The second kappa shape index (κ2) is 8.30. The lowest BCUT2D eigenvalue weighted by atomic mass is 10.2. The van der Waals surface area contributed by atoms with Gasteiger partial charge in [0.2, 0.25) is 10.0 Å². The number of aromatic nitrogens is 2. The number of hydrogen-bond donors (Lipinski definition) is 1. The number of aromatic amines is 1. The van der Waals surface area contributed by atoms with E-state index in [1.54, 1.807) is 24.3 Å². The fourth-order valence-corrected chi connectivity index (χ4v) is 5.51. The zero-order valence-electron chi connectivity index (χ0n) is 17.1. The second-order valence-corrected chi connectivity index (χ2v) is 9.48. The Balaban J connectivity index is 1.53. The van der Waals surface area contributed by atoms with E-state index in [4.69, 9.17) is 0 Å². The molecular weight excluding hydrogens is 445 g/mol. The summed E-state index contributed by atoms with van der Waals surface area (Å²) in [6.45, 7) is 2.46. The molecule has 1 fully saturated rings. The van der Waals surface area contributed by atoms with E-state index in [-0.39, 0.29) is 37.8 Å². The van der Waals surface area contributed by atoms with Crippen LogP contribution in [0.3, 0.4) is 0 Å². The first-order chi connectivity index (χ1) is 15.1. The Bertz CT molecular complexity index is 1300. The number of benzene rings is 2. The highest BCUT2D eigenvalue weighted by Gasteiger charge is 2.39. The maximum atomic E-state index is 13.3. The standard InChI is InChI=1S/C21H21F3N4O3S/c1-14(19-25-17-8-4-2-6-15(17)20(29)26-19)27-10-12-28(13-11-27)32(30,31)18-9-5-3-7-16(18)21(22,23)24/h2-9,14H,10-13H2,1H3,(H,25,26,29). The average molecular weight is 466 g/mol. The van der Waals surface area contributed by atoms with Crippen molar-refractivity contribution in [3.05, 3.63) is 70.3 Å². The normalized spacial score (nSPS) is 17.5. The molecule has 0 bridgehead atoms. The summed E-state index contributed by atoms with van der Waals surface area (Å²) in [5.74, 6) is 0.451. The summed E-state index contributed by atoms with van der Waals surface area (Å²) in [4.78, 5) is 20.8. The molecule has 2 aromatic carbocycles. The minimum absolute atomic E-state index is 0.0245. The molecule has 170 valence electrons. The van der Waals surface area contributed by atoms with Gasteiger partial charge in [0.05, 0.1) is 27.4 Å². The topological polar surface area (TPSA) is 86.4 Å². The molecule has 0 aliphatic carbocycles. The molecule has 1 aliphatic heterocycles. The number of nitrogens with zero attached hydrogens (tertiary/aromatic N) is 3. The monoisotopic (exact) mass is 466 g/mol. The highest BCUT2D eigenvalue weighted by molar-refractivity contribution is 7.89. The van der Waals surface area contributed by atoms with Crippen molar-refractivity contribution in [3.8, 4) is 0 Å². The Hall–Kier alpha value is -2.76. The lowest BCUT2D eigenvalue weighted by Crippen LogP contribution is -2.49. The van der Waals surface area contributed by atoms with Gasteiger partial charge in [-0.05, 0) is 31.2 Å². The molecule has 11 heteroatoms. The number of hydrogen-bond acceptors (Lipinski definition) is 5. The predicted octanol–water partition coefficient (Wildman–Crippen LogP) is 3.01. The van der Waals surface area contributed by atoms with E-state index >= 15 is 0 Å². The van der Waals surface area contributed by atoms with Crippen molar-refractivity contribution in [1.82, 2.24) is 19.2 Å². The molecule has 4 rings (SSSR count). The van der Waals surface area contributed by atoms with E-state index in [9.17, 15) is 26.4 Å². The molecule has 32 heavy (non-hydrogen) atoms. The highest BCUT2D eigenvalue weighted by atomic mass is 32.2. The van der Waals surface area contributed by atoms with Crippen LogP contribution in [0.4, 0.5) is 13.2 Å². The summed E-state index contributed by atoms with van der Waals surface area (Å²) in [5, 5.41) is 0.475. The molecule has 2 heterocycles. The van der Waals surface area contributed by atoms with Crippen LogP contribution in [-0.4, -0.2) is 53.8 Å². The number of para-hydroxylation sites is 1. The molecule has 1 unspecified atom stereocenters. The molecule has 1 N–H and O–H groups in total. The first-order valence-electron chi connectivity index (χ1n) is 9.98. The van der Waals surface area contributed by atoms with Gasteiger partial charge in [-0.15, -0.1) is 0 Å². The van der Waals surface area contributed by atoms with E-state index < -0.39 is 26.7 Å². The van der Waals surface area contributed by atoms with E-state index in [1.165, 1.54) is 12.1 Å². The Labute approximate surface area is 182 Å². The van der Waals surface area contributed by atoms with Crippen LogP contribution in [0.15, 0.2) is 58.2 Å². The minimum Gasteiger partial charge on any atom is -0.309 e. The molecule has 1 atom stereocenters. The summed E-state index contributed by atoms with van der Waals surface area (Å²) in [5.41, 5.74) is -0.876. The number of nitrogens with one attached hydrogen (secondary N) is 1. The summed E-state index contributed by atoms with van der Waals surface area (Å²) in [6.07, 6.45) is -4.77. The summed E-state index contributed by atoms with van der Waals surface area (Å²) < 4.78 is 66.9. The van der Waals surface area contributed by atoms with Crippen molar-refractivity contribution in [1.29, 1.82) is 0 Å². The number of H-pyrrole nitrogens is 1. The van der Waals surface area contributed by atoms with Crippen molar-refractivity contribution in [3.63, 3.8) is 0 Å². The largest absolute Gasteiger partial charge is 0.417 e. The predicted molar refractivity (Wildman–Crippen MR) is 113 cm³/mol. The smallest absolute Gasteiger partial charge is 0.309 e. The van der Waals surface area contributed by atoms with Gasteiger partial charge in [0, 0.05) is 26.2 Å². The van der Waals surface area contributed by atoms with E-state index in [2.05, 4.69) is 9.97 Å². The van der Waals surface area contributed by atoms with Crippen LogP contribution in [-0.2, 0) is 16.2 Å². The van der Waals surface area contributed by atoms with Gasteiger partial charge in [-0.25, -0.2) is 13.4 Å². The Morgan fingerprint density at radius 3 is 2.31 bits per heavy atom. The number of piperazine rings is 1. The van der Waals surface area contributed by atoms with Gasteiger partial charge in [0.25, 0.3) is 5.56 Å². The molecule has 1 aromatic heterocycles. The SMILES string of the molecule is CC(c1nc2ccccc2c(=O)[nH]1)N1CCN(S(=O)(=O)c2ccccc2C(F)(F)F)CC1. The van der Waals surface area contributed by atoms with Crippen LogP contribution in [0.2, 0.25) is 0 Å². The van der Waals surface area contributed by atoms with Crippen LogP contribution >= 0.6 is 0 Å². The van der Waals surface area contributed by atoms with Crippen molar-refractivity contribution in [2.45, 2.75) is 24.0 Å². The first-order valence-corrected chi connectivity index (χ1v) is 11.4. The number of sulfonamides is 1. The molecule has 0 amide bonds. The van der Waals surface area contributed by atoms with Gasteiger partial charge in [-0.1, -0.05) is 24.3 Å². The molecule has 1 aliphatic rings. The van der Waals surface area contributed by atoms with E-state index in [1.807, 2.05) is 11.8 Å². The van der Waals surface area contributed by atoms with Gasteiger partial charge in [0.1, 0.15) is 5.82 Å². The van der Waals surface area contributed by atoms with Crippen LogP contribution in [0.1, 0.15) is 24.4 Å². The van der Waals surface area contributed by atoms with Crippen LogP contribution in [0.5, 0.6) is 0 Å². The third-order valence-corrected chi connectivity index (χ3v) is 7.61. The highest BCUT2D eigenvalue weighted by Crippen LogP contribution is 2.35. The zero-order valence-corrected chi connectivity index (χ0v) is 17.9. The Morgan fingerprint density at radius 2 is 1.62 bits per heavy atom. The van der Waals surface area contributed by atoms with E-state index in [0.29, 0.717) is 16.7 Å². The van der Waals surface area contributed by atoms with Gasteiger partial charge in [-0.3, -0.25) is 9.69 Å². The Morgan fingerprint density at radius 1 is 1.00 bits per heavy atom. The van der Waals surface area contributed by atoms with Gasteiger partial charge < -0.3 is 4.98 Å². The third kappa shape index (κ3) is 4.15. The van der Waals surface area contributed by atoms with Crippen molar-refractivity contribution in [2.75, 3.05) is 26.2 Å². The van der Waals surface area contributed by atoms with Crippen molar-refractivity contribution >= 4 is 20.9 Å². The molecule has 0 spiro atoms. The third-order valence-electron chi connectivity index (χ3n) is 5.66. The average Bonchev–Trinajstić information content (AvgIpc) is 2.78. The lowest BCUT2D eigenvalue weighted by molar-refractivity contribution is -0.139. The number of halogens is 3. The number of rotatable bonds is 4. The summed E-state index contributed by atoms with van der Waals surface area (Å²) in [6, 6.07) is 10.8. The van der Waals surface area contributed by atoms with Crippen molar-refractivity contribution in [2.24, 2.45) is 0 Å². The number of alkyl halides is 3. The maximum absolute atomic E-state index is 13.3. The van der Waals surface area contributed by atoms with Gasteiger partial charge in [0.15, 0.2) is 0 Å². The van der Waals surface area contributed by atoms with Crippen LogP contribution in [0.25, 0.3) is 10.9 Å². The van der Waals surface area contributed by atoms with Crippen LogP contribution in [0, 0.1) is 0 Å². The molecule has 0 saturated carbocycles. The minimum atomic E-state index is -4.77. The maximum Gasteiger partial charge on any atom is 0.417 e. The summed E-state index contributed by atoms with van der Waals surface area (Å²) in [7, 11) is -4.31. The molecular formula is C21H21F3N4O3S. The molecule has 7 nitrogen and oxygen atoms in total. The van der Waals surface area contributed by atoms with Crippen molar-refractivity contribution < 1.29 is 21.6 Å². The van der Waals surface area contributed by atoms with E-state index in [0.717, 1.165) is 16.4 Å². The zero-order chi connectivity index (χ0) is 23.1. The second-order valence-electron chi connectivity index (χ2n) is 7.58. The summed E-state index contributed by atoms with van der Waals surface area (Å²) >= 11 is 0. The van der Waals surface area contributed by atoms with Crippen LogP contribution < -0.4 is 5.56 Å². The molecule has 3 aromatic rings. The van der Waals surface area contributed by atoms with Gasteiger partial charge in [-0.2, -0.15) is 17.5 Å². The quantitative estimate of drug-likeness (QED) is 0.639. The fraction of sp³-hybridized carbons (Fsp3) is 0.333. The Kier molecular flexibility index (Phi) is 5.82.